The highest BCUT2D eigenvalue weighted by atomic mass is 16.5. The highest BCUT2D eigenvalue weighted by molar-refractivity contribution is 5.97. The summed E-state index contributed by atoms with van der Waals surface area (Å²) in [4.78, 5) is 24.1. The molecule has 6 heteroatoms. The molecule has 1 aliphatic rings. The number of nitrogens with one attached hydrogen (secondary N) is 1. The van der Waals surface area contributed by atoms with Crippen LogP contribution in [0.25, 0.3) is 0 Å². The zero-order chi connectivity index (χ0) is 18.4. The van der Waals surface area contributed by atoms with Gasteiger partial charge in [0.15, 0.2) is 0 Å². The van der Waals surface area contributed by atoms with Crippen molar-refractivity contribution in [3.63, 3.8) is 0 Å². The van der Waals surface area contributed by atoms with Crippen LogP contribution in [0.4, 0.5) is 0 Å². The van der Waals surface area contributed by atoms with Crippen molar-refractivity contribution in [3.8, 4) is 5.75 Å². The Morgan fingerprint density at radius 2 is 1.69 bits per heavy atom. The minimum absolute atomic E-state index is 0.261. The topological polar surface area (TPSA) is 84.9 Å². The van der Waals surface area contributed by atoms with Gasteiger partial charge in [-0.2, -0.15) is 0 Å². The van der Waals surface area contributed by atoms with Crippen LogP contribution >= 0.6 is 0 Å². The van der Waals surface area contributed by atoms with Crippen LogP contribution in [-0.2, 0) is 16.1 Å². The number of ether oxygens (including phenoxy) is 2. The van der Waals surface area contributed by atoms with E-state index in [4.69, 9.17) is 9.47 Å². The molecule has 26 heavy (non-hydrogen) atoms. The fourth-order valence-corrected chi connectivity index (χ4v) is 2.84. The molecule has 1 heterocycles. The van der Waals surface area contributed by atoms with Crippen molar-refractivity contribution in [1.29, 1.82) is 0 Å². The van der Waals surface area contributed by atoms with Gasteiger partial charge in [0.05, 0.1) is 0 Å². The molecule has 0 saturated carbocycles. The average Bonchev–Trinajstić information content (AvgIpc) is 2.68. The lowest BCUT2D eigenvalue weighted by molar-refractivity contribution is -0.148. The molecular weight excluding hydrogens is 334 g/mol. The standard InChI is InChI=1S/C20H21NO5/c22-18(21-20(19(23)24)10-12-25-13-11-20)16-8-6-15(7-9-16)14-26-17-4-2-1-3-5-17/h1-9H,10-14H2,(H,21,22)(H,23,24). The van der Waals surface area contributed by atoms with Crippen molar-refractivity contribution in [2.24, 2.45) is 0 Å². The van der Waals surface area contributed by atoms with Crippen molar-refractivity contribution in [1.82, 2.24) is 5.32 Å². The van der Waals surface area contributed by atoms with E-state index in [0.29, 0.717) is 25.4 Å². The molecule has 1 aliphatic heterocycles. The molecule has 0 bridgehead atoms. The van der Waals surface area contributed by atoms with Gasteiger partial charge in [0.1, 0.15) is 17.9 Å². The molecular formula is C20H21NO5. The Bertz CT molecular complexity index is 752. The van der Waals surface area contributed by atoms with Crippen molar-refractivity contribution in [2.75, 3.05) is 13.2 Å². The normalized spacial score (nSPS) is 15.8. The van der Waals surface area contributed by atoms with Gasteiger partial charge in [0, 0.05) is 31.6 Å². The van der Waals surface area contributed by atoms with E-state index in [1.807, 2.05) is 30.3 Å². The van der Waals surface area contributed by atoms with Gasteiger partial charge in [-0.1, -0.05) is 30.3 Å². The van der Waals surface area contributed by atoms with Crippen LogP contribution in [0.3, 0.4) is 0 Å². The van der Waals surface area contributed by atoms with Gasteiger partial charge >= 0.3 is 5.97 Å². The summed E-state index contributed by atoms with van der Waals surface area (Å²) < 4.78 is 10.9. The summed E-state index contributed by atoms with van der Waals surface area (Å²) in [6, 6.07) is 16.4. The first kappa shape index (κ1) is 17.9. The average molecular weight is 355 g/mol. The number of benzene rings is 2. The van der Waals surface area contributed by atoms with Gasteiger partial charge in [-0.3, -0.25) is 4.79 Å². The predicted octanol–water partition coefficient (Wildman–Crippen LogP) is 2.63. The van der Waals surface area contributed by atoms with Crippen molar-refractivity contribution < 1.29 is 24.2 Å². The SMILES string of the molecule is O=C(NC1(C(=O)O)CCOCC1)c1ccc(COc2ccccc2)cc1. The third kappa shape index (κ3) is 4.21. The number of aliphatic carboxylic acids is 1. The number of carboxylic acid groups (broad SMARTS) is 1. The highest BCUT2D eigenvalue weighted by Gasteiger charge is 2.41. The first-order valence-corrected chi connectivity index (χ1v) is 8.49. The van der Waals surface area contributed by atoms with Crippen molar-refractivity contribution in [2.45, 2.75) is 25.0 Å². The van der Waals surface area contributed by atoms with E-state index in [0.717, 1.165) is 11.3 Å². The van der Waals surface area contributed by atoms with Gasteiger partial charge in [0.25, 0.3) is 5.91 Å². The van der Waals surface area contributed by atoms with Gasteiger partial charge in [-0.15, -0.1) is 0 Å². The molecule has 1 amide bonds. The van der Waals surface area contributed by atoms with E-state index in [9.17, 15) is 14.7 Å². The maximum absolute atomic E-state index is 12.5. The molecule has 0 aromatic heterocycles. The number of hydrogen-bond donors (Lipinski definition) is 2. The molecule has 0 spiro atoms. The lowest BCUT2D eigenvalue weighted by atomic mass is 9.89. The highest BCUT2D eigenvalue weighted by Crippen LogP contribution is 2.22. The first-order chi connectivity index (χ1) is 12.6. The number of carbonyl (C=O) groups is 2. The van der Waals surface area contributed by atoms with Crippen LogP contribution < -0.4 is 10.1 Å². The van der Waals surface area contributed by atoms with E-state index < -0.39 is 17.4 Å². The van der Waals surface area contributed by atoms with Crippen LogP contribution in [0.5, 0.6) is 5.75 Å². The number of carboxylic acids is 1. The van der Waals surface area contributed by atoms with Crippen LogP contribution in [-0.4, -0.2) is 35.7 Å². The Labute approximate surface area is 151 Å². The largest absolute Gasteiger partial charge is 0.489 e. The second kappa shape index (κ2) is 8.01. The third-order valence-corrected chi connectivity index (χ3v) is 4.47. The van der Waals surface area contributed by atoms with E-state index >= 15 is 0 Å². The molecule has 1 saturated heterocycles. The molecule has 6 nitrogen and oxygen atoms in total. The minimum atomic E-state index is -1.26. The molecule has 0 unspecified atom stereocenters. The van der Waals surface area contributed by atoms with Crippen LogP contribution in [0.1, 0.15) is 28.8 Å². The first-order valence-electron chi connectivity index (χ1n) is 8.49. The molecule has 0 radical (unpaired) electrons. The minimum Gasteiger partial charge on any atom is -0.489 e. The van der Waals surface area contributed by atoms with Crippen LogP contribution in [0, 0.1) is 0 Å². The zero-order valence-corrected chi connectivity index (χ0v) is 14.3. The quantitative estimate of drug-likeness (QED) is 0.832. The predicted molar refractivity (Wildman–Crippen MR) is 95.1 cm³/mol. The Balaban J connectivity index is 1.62. The van der Waals surface area contributed by atoms with Gasteiger partial charge < -0.3 is 19.9 Å². The van der Waals surface area contributed by atoms with Crippen molar-refractivity contribution in [3.05, 3.63) is 65.7 Å². The summed E-state index contributed by atoms with van der Waals surface area (Å²) in [5, 5.41) is 12.2. The maximum atomic E-state index is 12.5. The van der Waals surface area contributed by atoms with E-state index in [1.54, 1.807) is 24.3 Å². The lowest BCUT2D eigenvalue weighted by Crippen LogP contribution is -2.57. The monoisotopic (exact) mass is 355 g/mol. The van der Waals surface area contributed by atoms with E-state index in [2.05, 4.69) is 5.32 Å². The molecule has 2 aromatic carbocycles. The van der Waals surface area contributed by atoms with Gasteiger partial charge in [-0.25, -0.2) is 4.79 Å². The Hall–Kier alpha value is -2.86. The zero-order valence-electron chi connectivity index (χ0n) is 14.3. The second-order valence-electron chi connectivity index (χ2n) is 6.25. The summed E-state index contributed by atoms with van der Waals surface area (Å²) in [7, 11) is 0. The van der Waals surface area contributed by atoms with Crippen LogP contribution in [0.15, 0.2) is 54.6 Å². The fourth-order valence-electron chi connectivity index (χ4n) is 2.84. The number of hydrogen-bond acceptors (Lipinski definition) is 4. The Kier molecular flexibility index (Phi) is 5.53. The fraction of sp³-hybridized carbons (Fsp3) is 0.300. The van der Waals surface area contributed by atoms with Gasteiger partial charge in [-0.05, 0) is 29.8 Å². The smallest absolute Gasteiger partial charge is 0.329 e. The molecule has 1 fully saturated rings. The lowest BCUT2D eigenvalue weighted by Gasteiger charge is -2.33. The van der Waals surface area contributed by atoms with E-state index in [-0.39, 0.29) is 12.8 Å². The van der Waals surface area contributed by atoms with Crippen molar-refractivity contribution >= 4 is 11.9 Å². The Morgan fingerprint density at radius 3 is 2.31 bits per heavy atom. The molecule has 0 aliphatic carbocycles. The summed E-state index contributed by atoms with van der Waals surface area (Å²) in [6.45, 7) is 1.03. The second-order valence-corrected chi connectivity index (χ2v) is 6.25. The molecule has 2 aromatic rings. The summed E-state index contributed by atoms with van der Waals surface area (Å²) in [6.07, 6.45) is 0.522. The molecule has 0 atom stereocenters. The molecule has 2 N–H and O–H groups in total. The number of amides is 1. The number of rotatable bonds is 6. The summed E-state index contributed by atoms with van der Waals surface area (Å²) in [5.74, 6) is -0.649. The van der Waals surface area contributed by atoms with Gasteiger partial charge in [0.2, 0.25) is 0 Å². The summed E-state index contributed by atoms with van der Waals surface area (Å²) in [5.41, 5.74) is 0.0785. The van der Waals surface area contributed by atoms with Crippen LogP contribution in [0.2, 0.25) is 0 Å². The Morgan fingerprint density at radius 1 is 1.04 bits per heavy atom. The third-order valence-electron chi connectivity index (χ3n) is 4.47. The molecule has 136 valence electrons. The van der Waals surface area contributed by atoms with E-state index in [1.165, 1.54) is 0 Å². The summed E-state index contributed by atoms with van der Waals surface area (Å²) >= 11 is 0. The number of para-hydroxylation sites is 1. The maximum Gasteiger partial charge on any atom is 0.329 e. The molecule has 3 rings (SSSR count). The number of carbonyl (C=O) groups excluding carboxylic acids is 1.